The summed E-state index contributed by atoms with van der Waals surface area (Å²) in [6, 6.07) is 22.4. The van der Waals surface area contributed by atoms with E-state index in [4.69, 9.17) is 11.6 Å². The average Bonchev–Trinajstić information content (AvgIpc) is 3.81. The van der Waals surface area contributed by atoms with Crippen LogP contribution in [0.25, 0.3) is 0 Å². The lowest BCUT2D eigenvalue weighted by Crippen LogP contribution is -2.36. The van der Waals surface area contributed by atoms with E-state index in [1.807, 2.05) is 47.4 Å². The van der Waals surface area contributed by atoms with Gasteiger partial charge in [0.05, 0.1) is 5.56 Å². The van der Waals surface area contributed by atoms with Crippen molar-refractivity contribution in [2.45, 2.75) is 25.8 Å². The van der Waals surface area contributed by atoms with Crippen molar-refractivity contribution in [3.05, 3.63) is 94.5 Å². The van der Waals surface area contributed by atoms with E-state index in [-0.39, 0.29) is 23.6 Å². The van der Waals surface area contributed by atoms with Crippen molar-refractivity contribution >= 4 is 40.7 Å². The Morgan fingerprint density at radius 3 is 2.38 bits per heavy atom. The molecule has 0 unspecified atom stereocenters. The van der Waals surface area contributed by atoms with Gasteiger partial charge in [-0.2, -0.15) is 0 Å². The standard InChI is InChI=1S/C31H33ClN4O3/c1-34(21-22-6-3-2-4-7-22)31(39)27-20-26(33-29(37)23-8-9-23)14-15-28(27)35-16-5-17-36(19-18-35)30(38)24-10-12-25(32)13-11-24/h2-4,6-7,10-15,20,23H,5,8-9,16-19,21H2,1H3,(H,33,37). The second-order valence-electron chi connectivity index (χ2n) is 10.3. The molecule has 7 nitrogen and oxygen atoms in total. The summed E-state index contributed by atoms with van der Waals surface area (Å²) in [6.45, 7) is 2.94. The summed E-state index contributed by atoms with van der Waals surface area (Å²) in [6.07, 6.45) is 2.59. The summed E-state index contributed by atoms with van der Waals surface area (Å²) >= 11 is 5.99. The number of rotatable bonds is 7. The monoisotopic (exact) mass is 544 g/mol. The highest BCUT2D eigenvalue weighted by Crippen LogP contribution is 2.32. The summed E-state index contributed by atoms with van der Waals surface area (Å²) in [5.41, 5.74) is 3.63. The number of carbonyl (C=O) groups excluding carboxylic acids is 3. The second-order valence-corrected chi connectivity index (χ2v) is 10.7. The molecule has 0 spiro atoms. The SMILES string of the molecule is CN(Cc1ccccc1)C(=O)c1cc(NC(=O)C2CC2)ccc1N1CCCN(C(=O)c2ccc(Cl)cc2)CC1. The van der Waals surface area contributed by atoms with Crippen molar-refractivity contribution in [1.82, 2.24) is 9.80 Å². The molecule has 8 heteroatoms. The minimum absolute atomic E-state index is 0.00455. The Balaban J connectivity index is 1.36. The molecule has 1 saturated heterocycles. The molecule has 39 heavy (non-hydrogen) atoms. The summed E-state index contributed by atoms with van der Waals surface area (Å²) in [7, 11) is 1.80. The first kappa shape index (κ1) is 26.8. The van der Waals surface area contributed by atoms with Crippen molar-refractivity contribution in [3.63, 3.8) is 0 Å². The van der Waals surface area contributed by atoms with E-state index >= 15 is 0 Å². The van der Waals surface area contributed by atoms with E-state index in [0.29, 0.717) is 54.6 Å². The minimum Gasteiger partial charge on any atom is -0.369 e. The third-order valence-corrected chi connectivity index (χ3v) is 7.52. The molecule has 0 radical (unpaired) electrons. The van der Waals surface area contributed by atoms with Crippen LogP contribution in [0.3, 0.4) is 0 Å². The lowest BCUT2D eigenvalue weighted by molar-refractivity contribution is -0.117. The van der Waals surface area contributed by atoms with Crippen molar-refractivity contribution in [1.29, 1.82) is 0 Å². The van der Waals surface area contributed by atoms with Crippen LogP contribution in [-0.2, 0) is 11.3 Å². The van der Waals surface area contributed by atoms with Gasteiger partial charge in [0.2, 0.25) is 5.91 Å². The van der Waals surface area contributed by atoms with Gasteiger partial charge in [-0.05, 0) is 67.3 Å². The van der Waals surface area contributed by atoms with Crippen LogP contribution in [0.15, 0.2) is 72.8 Å². The number of hydrogen-bond acceptors (Lipinski definition) is 4. The van der Waals surface area contributed by atoms with Crippen LogP contribution in [-0.4, -0.2) is 60.7 Å². The number of nitrogens with one attached hydrogen (secondary N) is 1. The van der Waals surface area contributed by atoms with Crippen LogP contribution in [0.4, 0.5) is 11.4 Å². The van der Waals surface area contributed by atoms with E-state index in [9.17, 15) is 14.4 Å². The van der Waals surface area contributed by atoms with Crippen LogP contribution in [0.1, 0.15) is 45.5 Å². The molecule has 2 fully saturated rings. The molecule has 1 aliphatic carbocycles. The molecule has 5 rings (SSSR count). The molecular weight excluding hydrogens is 512 g/mol. The Morgan fingerprint density at radius 2 is 1.67 bits per heavy atom. The smallest absolute Gasteiger partial charge is 0.256 e. The van der Waals surface area contributed by atoms with Crippen LogP contribution >= 0.6 is 11.6 Å². The van der Waals surface area contributed by atoms with E-state index in [1.54, 1.807) is 42.3 Å². The second kappa shape index (κ2) is 11.9. The number of carbonyl (C=O) groups is 3. The summed E-state index contributed by atoms with van der Waals surface area (Å²) in [5, 5.41) is 3.58. The van der Waals surface area contributed by atoms with Crippen molar-refractivity contribution in [2.24, 2.45) is 5.92 Å². The number of anilines is 2. The molecule has 3 amide bonds. The van der Waals surface area contributed by atoms with E-state index in [1.165, 1.54) is 0 Å². The van der Waals surface area contributed by atoms with Crippen molar-refractivity contribution in [3.8, 4) is 0 Å². The zero-order chi connectivity index (χ0) is 27.4. The van der Waals surface area contributed by atoms with E-state index in [0.717, 1.165) is 30.5 Å². The fourth-order valence-electron chi connectivity index (χ4n) is 4.92. The van der Waals surface area contributed by atoms with Crippen LogP contribution < -0.4 is 10.2 Å². The Bertz CT molecular complexity index is 1340. The maximum absolute atomic E-state index is 13.8. The van der Waals surface area contributed by atoms with Gasteiger partial charge in [-0.15, -0.1) is 0 Å². The predicted octanol–water partition coefficient (Wildman–Crippen LogP) is 5.31. The highest BCUT2D eigenvalue weighted by Gasteiger charge is 2.30. The Hall–Kier alpha value is -3.84. The molecule has 3 aromatic carbocycles. The van der Waals surface area contributed by atoms with Gasteiger partial charge in [0.1, 0.15) is 0 Å². The summed E-state index contributed by atoms with van der Waals surface area (Å²) < 4.78 is 0. The Kier molecular flexibility index (Phi) is 8.17. The highest BCUT2D eigenvalue weighted by molar-refractivity contribution is 6.30. The summed E-state index contributed by atoms with van der Waals surface area (Å²) in [5.74, 6) is -0.0653. The third kappa shape index (κ3) is 6.60. The number of amides is 3. The van der Waals surface area contributed by atoms with Gasteiger partial charge in [0.25, 0.3) is 11.8 Å². The largest absolute Gasteiger partial charge is 0.369 e. The first-order valence-corrected chi connectivity index (χ1v) is 13.8. The van der Waals surface area contributed by atoms with Crippen molar-refractivity contribution < 1.29 is 14.4 Å². The Labute approximate surface area is 234 Å². The Morgan fingerprint density at radius 1 is 0.923 bits per heavy atom. The number of benzene rings is 3. The van der Waals surface area contributed by atoms with Gasteiger partial charge in [-0.3, -0.25) is 14.4 Å². The molecule has 1 N–H and O–H groups in total. The maximum Gasteiger partial charge on any atom is 0.256 e. The number of hydrogen-bond donors (Lipinski definition) is 1. The zero-order valence-corrected chi connectivity index (χ0v) is 22.9. The lowest BCUT2D eigenvalue weighted by atomic mass is 10.1. The van der Waals surface area contributed by atoms with Crippen LogP contribution in [0.5, 0.6) is 0 Å². The molecule has 0 aromatic heterocycles. The minimum atomic E-state index is -0.116. The molecule has 1 aliphatic heterocycles. The number of nitrogens with zero attached hydrogens (tertiary/aromatic N) is 3. The fourth-order valence-corrected chi connectivity index (χ4v) is 5.05. The average molecular weight is 545 g/mol. The quantitative estimate of drug-likeness (QED) is 0.437. The van der Waals surface area contributed by atoms with Gasteiger partial charge in [0.15, 0.2) is 0 Å². The fraction of sp³-hybridized carbons (Fsp3) is 0.323. The maximum atomic E-state index is 13.8. The van der Waals surface area contributed by atoms with Gasteiger partial charge in [-0.1, -0.05) is 41.9 Å². The normalized spacial score (nSPS) is 15.4. The molecule has 3 aromatic rings. The zero-order valence-electron chi connectivity index (χ0n) is 22.1. The van der Waals surface area contributed by atoms with Gasteiger partial charge in [-0.25, -0.2) is 0 Å². The molecule has 1 heterocycles. The molecule has 202 valence electrons. The lowest BCUT2D eigenvalue weighted by Gasteiger charge is -2.28. The summed E-state index contributed by atoms with van der Waals surface area (Å²) in [4.78, 5) is 45.1. The van der Waals surface area contributed by atoms with Gasteiger partial charge >= 0.3 is 0 Å². The first-order chi connectivity index (χ1) is 18.9. The topological polar surface area (TPSA) is 73.0 Å². The van der Waals surface area contributed by atoms with Gasteiger partial charge < -0.3 is 20.0 Å². The molecule has 2 aliphatic rings. The molecular formula is C31H33ClN4O3. The first-order valence-electron chi connectivity index (χ1n) is 13.4. The van der Waals surface area contributed by atoms with E-state index < -0.39 is 0 Å². The number of halogens is 1. The predicted molar refractivity (Wildman–Crippen MR) is 154 cm³/mol. The van der Waals surface area contributed by atoms with Gasteiger partial charge in [0, 0.05) is 67.7 Å². The molecule has 0 bridgehead atoms. The molecule has 1 saturated carbocycles. The molecule has 0 atom stereocenters. The highest BCUT2D eigenvalue weighted by atomic mass is 35.5. The van der Waals surface area contributed by atoms with Crippen LogP contribution in [0, 0.1) is 5.92 Å². The third-order valence-electron chi connectivity index (χ3n) is 7.27. The van der Waals surface area contributed by atoms with E-state index in [2.05, 4.69) is 10.2 Å². The van der Waals surface area contributed by atoms with Crippen LogP contribution in [0.2, 0.25) is 5.02 Å². The van der Waals surface area contributed by atoms with Crippen molar-refractivity contribution in [2.75, 3.05) is 43.4 Å².